The van der Waals surface area contributed by atoms with Crippen LogP contribution in [0.3, 0.4) is 0 Å². The van der Waals surface area contributed by atoms with Gasteiger partial charge in [0.05, 0.1) is 33.1 Å². The molecule has 6 rings (SSSR count). The Balaban J connectivity index is 1.21. The number of rotatable bonds is 7. The molecule has 4 heterocycles. The Morgan fingerprint density at radius 1 is 1.02 bits per heavy atom. The molecule has 2 aromatic heterocycles. The Labute approximate surface area is 260 Å². The van der Waals surface area contributed by atoms with E-state index in [2.05, 4.69) is 45.0 Å². The van der Waals surface area contributed by atoms with Crippen LogP contribution >= 0.6 is 23.2 Å². The van der Waals surface area contributed by atoms with Crippen LogP contribution in [0.15, 0.2) is 48.8 Å². The van der Waals surface area contributed by atoms with Gasteiger partial charge in [-0.15, -0.1) is 0 Å². The largest absolute Gasteiger partial charge is 0.370 e. The molecule has 4 aromatic rings. The first-order chi connectivity index (χ1) is 20.3. The minimum Gasteiger partial charge on any atom is -0.370 e. The van der Waals surface area contributed by atoms with E-state index in [1.807, 2.05) is 43.5 Å². The number of anilines is 3. The van der Waals surface area contributed by atoms with Gasteiger partial charge in [-0.05, 0) is 50.6 Å². The molecule has 0 radical (unpaired) electrons. The highest BCUT2D eigenvalue weighted by Gasteiger charge is 2.28. The van der Waals surface area contributed by atoms with E-state index in [1.165, 1.54) is 0 Å². The van der Waals surface area contributed by atoms with E-state index in [9.17, 15) is 4.21 Å². The summed E-state index contributed by atoms with van der Waals surface area (Å²) in [7, 11) is 1.02. The summed E-state index contributed by atoms with van der Waals surface area (Å²) in [5.41, 5.74) is 5.26. The van der Waals surface area contributed by atoms with Crippen molar-refractivity contribution in [2.45, 2.75) is 32.7 Å². The molecule has 0 bridgehead atoms. The number of para-hydroxylation sites is 1. The molecule has 1 N–H and O–H groups in total. The highest BCUT2D eigenvalue weighted by Crippen LogP contribution is 2.37. The van der Waals surface area contributed by atoms with Crippen LogP contribution in [0.5, 0.6) is 0 Å². The summed E-state index contributed by atoms with van der Waals surface area (Å²) in [5, 5.41) is 5.43. The van der Waals surface area contributed by atoms with Gasteiger partial charge in [0, 0.05) is 73.9 Å². The number of aryl methyl sites for hydroxylation is 1. The number of benzene rings is 2. The van der Waals surface area contributed by atoms with Crippen LogP contribution in [0, 0.1) is 6.92 Å². The van der Waals surface area contributed by atoms with Gasteiger partial charge in [0.1, 0.15) is 11.0 Å². The van der Waals surface area contributed by atoms with Crippen molar-refractivity contribution in [2.75, 3.05) is 62.3 Å². The third-order valence-corrected chi connectivity index (χ3v) is 10.4. The lowest BCUT2D eigenvalue weighted by Gasteiger charge is -2.42. The van der Waals surface area contributed by atoms with Crippen molar-refractivity contribution in [3.05, 3.63) is 64.4 Å². The number of nitrogens with one attached hydrogen (secondary N) is 1. The van der Waals surface area contributed by atoms with Crippen molar-refractivity contribution in [3.63, 3.8) is 0 Å². The Morgan fingerprint density at radius 2 is 1.76 bits per heavy atom. The van der Waals surface area contributed by atoms with Crippen LogP contribution in [0.1, 0.15) is 25.3 Å². The van der Waals surface area contributed by atoms with Crippen LogP contribution < -0.4 is 10.2 Å². The van der Waals surface area contributed by atoms with Gasteiger partial charge >= 0.3 is 0 Å². The zero-order valence-electron chi connectivity index (χ0n) is 24.3. The average Bonchev–Trinajstić information content (AvgIpc) is 3.39. The SMILES string of the molecule is CCS(=O)n1cc(-c2nc(Nc3cc(Cl)c(N4CCC(N5CCN(C)CC5)CC4)cc3C)ncc2Cl)c2ccccc21. The highest BCUT2D eigenvalue weighted by molar-refractivity contribution is 7.83. The fourth-order valence-electron chi connectivity index (χ4n) is 6.09. The molecule has 0 spiro atoms. The molecule has 0 aliphatic carbocycles. The van der Waals surface area contributed by atoms with Gasteiger partial charge in [-0.3, -0.25) is 8.87 Å². The van der Waals surface area contributed by atoms with Crippen molar-refractivity contribution in [1.29, 1.82) is 0 Å². The first-order valence-corrected chi connectivity index (χ1v) is 16.6. The molecule has 0 amide bonds. The van der Waals surface area contributed by atoms with Crippen molar-refractivity contribution >= 4 is 62.4 Å². The molecular formula is C31H37Cl2N7OS. The van der Waals surface area contributed by atoms with Gasteiger partial charge in [-0.1, -0.05) is 48.3 Å². The maximum Gasteiger partial charge on any atom is 0.227 e. The normalized spacial score (nSPS) is 18.1. The summed E-state index contributed by atoms with van der Waals surface area (Å²) in [4.78, 5) is 16.7. The summed E-state index contributed by atoms with van der Waals surface area (Å²) in [5.74, 6) is 0.926. The van der Waals surface area contributed by atoms with Gasteiger partial charge in [-0.2, -0.15) is 0 Å². The summed E-state index contributed by atoms with van der Waals surface area (Å²) in [6, 6.07) is 12.6. The number of fused-ring (bicyclic) bond motifs is 1. The van der Waals surface area contributed by atoms with E-state index in [4.69, 9.17) is 28.2 Å². The molecule has 222 valence electrons. The Hall–Kier alpha value is -2.69. The van der Waals surface area contributed by atoms with Gasteiger partial charge in [0.2, 0.25) is 5.95 Å². The predicted molar refractivity (Wildman–Crippen MR) is 176 cm³/mol. The molecule has 42 heavy (non-hydrogen) atoms. The van der Waals surface area contributed by atoms with Crippen LogP contribution in [0.2, 0.25) is 10.0 Å². The molecule has 1 unspecified atom stereocenters. The van der Waals surface area contributed by atoms with E-state index in [1.54, 1.807) is 10.2 Å². The molecule has 2 aliphatic rings. The summed E-state index contributed by atoms with van der Waals surface area (Å²) in [6.07, 6.45) is 5.78. The molecule has 2 aromatic carbocycles. The van der Waals surface area contributed by atoms with Crippen LogP contribution in [-0.2, 0) is 11.0 Å². The van der Waals surface area contributed by atoms with E-state index in [0.29, 0.717) is 33.5 Å². The lowest BCUT2D eigenvalue weighted by atomic mass is 10.0. The predicted octanol–water partition coefficient (Wildman–Crippen LogP) is 6.21. The third kappa shape index (κ3) is 5.90. The fourth-order valence-corrected chi connectivity index (χ4v) is 7.44. The summed E-state index contributed by atoms with van der Waals surface area (Å²) >= 11 is 13.5. The monoisotopic (exact) mass is 625 g/mol. The standard InChI is InChI=1S/C31H37Cl2N7OS/c1-4-42(41)40-20-24(23-7-5-6-8-28(23)40)30-26(33)19-34-31(36-30)35-27-18-25(32)29(17-21(27)2)39-11-9-22(10-12-39)38-15-13-37(3)14-16-38/h5-8,17-20,22H,4,9-16H2,1-3H3,(H,34,35,36). The van der Waals surface area contributed by atoms with Crippen molar-refractivity contribution in [3.8, 4) is 11.3 Å². The number of hydrogen-bond donors (Lipinski definition) is 1. The van der Waals surface area contributed by atoms with E-state index >= 15 is 0 Å². The molecule has 11 heteroatoms. The van der Waals surface area contributed by atoms with Crippen molar-refractivity contribution < 1.29 is 4.21 Å². The molecular weight excluding hydrogens is 589 g/mol. The van der Waals surface area contributed by atoms with E-state index in [-0.39, 0.29) is 0 Å². The first-order valence-electron chi connectivity index (χ1n) is 14.6. The lowest BCUT2D eigenvalue weighted by Crippen LogP contribution is -2.52. The summed E-state index contributed by atoms with van der Waals surface area (Å²) in [6.45, 7) is 10.6. The van der Waals surface area contributed by atoms with E-state index < -0.39 is 11.0 Å². The fraction of sp³-hybridized carbons (Fsp3) is 0.419. The van der Waals surface area contributed by atoms with E-state index in [0.717, 1.165) is 85.5 Å². The second kappa shape index (κ2) is 12.5. The maximum absolute atomic E-state index is 12.8. The van der Waals surface area contributed by atoms with Gasteiger partial charge in [-0.25, -0.2) is 14.2 Å². The van der Waals surface area contributed by atoms with Crippen LogP contribution in [0.25, 0.3) is 22.2 Å². The molecule has 2 fully saturated rings. The Kier molecular flexibility index (Phi) is 8.75. The van der Waals surface area contributed by atoms with Crippen molar-refractivity contribution in [1.82, 2.24) is 23.7 Å². The molecule has 1 atom stereocenters. The maximum atomic E-state index is 12.8. The molecule has 8 nitrogen and oxygen atoms in total. The Bertz CT molecular complexity index is 1610. The minimum atomic E-state index is -1.18. The number of aromatic nitrogens is 3. The van der Waals surface area contributed by atoms with Crippen LogP contribution in [0.4, 0.5) is 17.3 Å². The lowest BCUT2D eigenvalue weighted by molar-refractivity contribution is 0.0982. The van der Waals surface area contributed by atoms with Crippen molar-refractivity contribution in [2.24, 2.45) is 0 Å². The zero-order valence-corrected chi connectivity index (χ0v) is 26.6. The highest BCUT2D eigenvalue weighted by atomic mass is 35.5. The number of hydrogen-bond acceptors (Lipinski definition) is 7. The molecule has 0 saturated carbocycles. The summed E-state index contributed by atoms with van der Waals surface area (Å²) < 4.78 is 14.5. The zero-order chi connectivity index (χ0) is 29.4. The second-order valence-corrected chi connectivity index (χ2v) is 13.6. The average molecular weight is 627 g/mol. The van der Waals surface area contributed by atoms with Gasteiger partial charge < -0.3 is 15.1 Å². The topological polar surface area (TPSA) is 69.5 Å². The third-order valence-electron chi connectivity index (χ3n) is 8.54. The van der Waals surface area contributed by atoms with Crippen LogP contribution in [-0.4, -0.2) is 86.1 Å². The quantitative estimate of drug-likeness (QED) is 0.262. The second-order valence-electron chi connectivity index (χ2n) is 11.2. The first kappa shape index (κ1) is 29.4. The number of nitrogens with zero attached hydrogens (tertiary/aromatic N) is 6. The number of likely N-dealkylation sites (N-methyl/N-ethyl adjacent to an activating group) is 1. The number of halogens is 2. The Morgan fingerprint density at radius 3 is 2.50 bits per heavy atom. The number of piperazine rings is 1. The smallest absolute Gasteiger partial charge is 0.227 e. The molecule has 2 saturated heterocycles. The minimum absolute atomic E-state index is 0.419. The number of piperidine rings is 1. The van der Waals surface area contributed by atoms with Gasteiger partial charge in [0.25, 0.3) is 0 Å². The molecule has 2 aliphatic heterocycles. The van der Waals surface area contributed by atoms with Gasteiger partial charge in [0.15, 0.2) is 0 Å².